The van der Waals surface area contributed by atoms with Gasteiger partial charge >= 0.3 is 0 Å². The Bertz CT molecular complexity index is 1360. The number of ether oxygens (including phenoxy) is 1. The second-order valence-corrected chi connectivity index (χ2v) is 8.63. The molecule has 4 aromatic rings. The summed E-state index contributed by atoms with van der Waals surface area (Å²) in [5.74, 6) is -0.0734. The summed E-state index contributed by atoms with van der Waals surface area (Å²) in [6.45, 7) is 0.827. The standard InChI is InChI=1S/C28H26N4O3/c1-35-23-13-11-20(12-14-23)26-24(18-31(30-26)16-19-7-3-2-4-8-19)28(34)32-17-22-10-6-5-9-21(22)15-25(32)27(29)33/h2-14,18,25H,15-17H2,1H3,(H2,29,33)/t25-/m1/s1. The normalized spacial score (nSPS) is 14.9. The van der Waals surface area contributed by atoms with E-state index in [4.69, 9.17) is 15.6 Å². The van der Waals surface area contributed by atoms with Gasteiger partial charge in [0.2, 0.25) is 5.91 Å². The Morgan fingerprint density at radius 3 is 2.34 bits per heavy atom. The van der Waals surface area contributed by atoms with Crippen LogP contribution in [0.1, 0.15) is 27.0 Å². The van der Waals surface area contributed by atoms with Gasteiger partial charge < -0.3 is 15.4 Å². The zero-order valence-electron chi connectivity index (χ0n) is 19.4. The molecule has 2 heterocycles. The van der Waals surface area contributed by atoms with Crippen molar-refractivity contribution in [3.8, 4) is 17.0 Å². The van der Waals surface area contributed by atoms with Crippen LogP contribution in [0, 0.1) is 0 Å². The summed E-state index contributed by atoms with van der Waals surface area (Å²) < 4.78 is 7.05. The van der Waals surface area contributed by atoms with E-state index in [-0.39, 0.29) is 5.91 Å². The third kappa shape index (κ3) is 4.53. The molecule has 2 amide bonds. The van der Waals surface area contributed by atoms with E-state index in [9.17, 15) is 9.59 Å². The molecule has 0 fully saturated rings. The van der Waals surface area contributed by atoms with E-state index in [1.165, 1.54) is 0 Å². The van der Waals surface area contributed by atoms with E-state index in [2.05, 4.69) is 0 Å². The molecular formula is C28H26N4O3. The van der Waals surface area contributed by atoms with E-state index >= 15 is 0 Å². The average molecular weight is 467 g/mol. The number of primary amides is 1. The van der Waals surface area contributed by atoms with Crippen LogP contribution < -0.4 is 10.5 Å². The minimum absolute atomic E-state index is 0.270. The molecule has 7 nitrogen and oxygen atoms in total. The topological polar surface area (TPSA) is 90.5 Å². The van der Waals surface area contributed by atoms with E-state index in [0.29, 0.717) is 36.5 Å². The van der Waals surface area contributed by atoms with Gasteiger partial charge in [0.05, 0.1) is 19.2 Å². The first-order valence-electron chi connectivity index (χ1n) is 11.5. The van der Waals surface area contributed by atoms with Crippen molar-refractivity contribution >= 4 is 11.8 Å². The zero-order valence-corrected chi connectivity index (χ0v) is 19.4. The van der Waals surface area contributed by atoms with Crippen molar-refractivity contribution in [3.05, 3.63) is 107 Å². The first-order chi connectivity index (χ1) is 17.0. The summed E-state index contributed by atoms with van der Waals surface area (Å²) in [6.07, 6.45) is 2.15. The van der Waals surface area contributed by atoms with Gasteiger partial charge in [-0.15, -0.1) is 0 Å². The van der Waals surface area contributed by atoms with Gasteiger partial charge in [0.25, 0.3) is 5.91 Å². The van der Waals surface area contributed by atoms with Crippen LogP contribution in [0.3, 0.4) is 0 Å². The molecule has 3 aromatic carbocycles. The highest BCUT2D eigenvalue weighted by molar-refractivity contribution is 6.02. The van der Waals surface area contributed by atoms with Crippen LogP contribution in [-0.2, 0) is 24.3 Å². The smallest absolute Gasteiger partial charge is 0.258 e. The van der Waals surface area contributed by atoms with Crippen molar-refractivity contribution in [1.29, 1.82) is 0 Å². The number of nitrogens with two attached hydrogens (primary N) is 1. The van der Waals surface area contributed by atoms with Gasteiger partial charge in [0.1, 0.15) is 17.5 Å². The number of carbonyl (C=O) groups excluding carboxylic acids is 2. The molecule has 1 atom stereocenters. The monoisotopic (exact) mass is 466 g/mol. The summed E-state index contributed by atoms with van der Waals surface area (Å²) in [6, 6.07) is 24.5. The maximum Gasteiger partial charge on any atom is 0.258 e. The van der Waals surface area contributed by atoms with Gasteiger partial charge in [-0.05, 0) is 41.0 Å². The van der Waals surface area contributed by atoms with Crippen molar-refractivity contribution in [2.75, 3.05) is 7.11 Å². The molecule has 7 heteroatoms. The lowest BCUT2D eigenvalue weighted by Gasteiger charge is -2.35. The van der Waals surface area contributed by atoms with Gasteiger partial charge in [0, 0.05) is 24.7 Å². The van der Waals surface area contributed by atoms with Crippen LogP contribution in [0.5, 0.6) is 5.75 Å². The summed E-state index contributed by atoms with van der Waals surface area (Å²) >= 11 is 0. The predicted octanol–water partition coefficient (Wildman–Crippen LogP) is 3.66. The summed E-state index contributed by atoms with van der Waals surface area (Å²) in [4.78, 5) is 27.9. The Balaban J connectivity index is 1.56. The van der Waals surface area contributed by atoms with Crippen molar-refractivity contribution < 1.29 is 14.3 Å². The summed E-state index contributed by atoms with van der Waals surface area (Å²) in [7, 11) is 1.61. The molecular weight excluding hydrogens is 440 g/mol. The molecule has 0 bridgehead atoms. The molecule has 1 aliphatic rings. The lowest BCUT2D eigenvalue weighted by atomic mass is 9.92. The van der Waals surface area contributed by atoms with Crippen LogP contribution in [0.4, 0.5) is 0 Å². The molecule has 35 heavy (non-hydrogen) atoms. The van der Waals surface area contributed by atoms with Crippen LogP contribution in [0.25, 0.3) is 11.3 Å². The molecule has 0 radical (unpaired) electrons. The number of nitrogens with zero attached hydrogens (tertiary/aromatic N) is 3. The second kappa shape index (κ2) is 9.46. The fourth-order valence-corrected chi connectivity index (χ4v) is 4.54. The largest absolute Gasteiger partial charge is 0.497 e. The quantitative estimate of drug-likeness (QED) is 0.470. The maximum atomic E-state index is 13.9. The number of rotatable bonds is 6. The van der Waals surface area contributed by atoms with Crippen LogP contribution >= 0.6 is 0 Å². The molecule has 5 rings (SSSR count). The van der Waals surface area contributed by atoms with Crippen LogP contribution in [0.2, 0.25) is 0 Å². The molecule has 0 aliphatic carbocycles. The Morgan fingerprint density at radius 1 is 0.971 bits per heavy atom. The number of benzene rings is 3. The van der Waals surface area contributed by atoms with Crippen LogP contribution in [-0.4, -0.2) is 39.6 Å². The number of fused-ring (bicyclic) bond motifs is 1. The van der Waals surface area contributed by atoms with E-state index in [1.807, 2.05) is 78.9 Å². The average Bonchev–Trinajstić information content (AvgIpc) is 3.31. The van der Waals surface area contributed by atoms with E-state index in [1.54, 1.807) is 22.9 Å². The zero-order chi connectivity index (χ0) is 24.4. The Morgan fingerprint density at radius 2 is 1.66 bits per heavy atom. The minimum atomic E-state index is -0.724. The van der Waals surface area contributed by atoms with Crippen molar-refractivity contribution in [1.82, 2.24) is 14.7 Å². The maximum absolute atomic E-state index is 13.9. The van der Waals surface area contributed by atoms with Crippen LogP contribution in [0.15, 0.2) is 85.1 Å². The lowest BCUT2D eigenvalue weighted by Crippen LogP contribution is -2.51. The highest BCUT2D eigenvalue weighted by Crippen LogP contribution is 2.30. The molecule has 0 saturated heterocycles. The number of hydrogen-bond acceptors (Lipinski definition) is 4. The van der Waals surface area contributed by atoms with Crippen molar-refractivity contribution in [3.63, 3.8) is 0 Å². The number of carbonyl (C=O) groups is 2. The van der Waals surface area contributed by atoms with Gasteiger partial charge in [-0.3, -0.25) is 14.3 Å². The van der Waals surface area contributed by atoms with E-state index in [0.717, 1.165) is 22.3 Å². The fourth-order valence-electron chi connectivity index (χ4n) is 4.54. The molecule has 176 valence electrons. The molecule has 0 saturated carbocycles. The first kappa shape index (κ1) is 22.4. The molecule has 1 aliphatic heterocycles. The first-order valence-corrected chi connectivity index (χ1v) is 11.5. The molecule has 0 unspecified atom stereocenters. The van der Waals surface area contributed by atoms with Gasteiger partial charge in [-0.1, -0.05) is 54.6 Å². The Kier molecular flexibility index (Phi) is 6.06. The Labute approximate surface area is 203 Å². The van der Waals surface area contributed by atoms with E-state index < -0.39 is 11.9 Å². The third-order valence-electron chi connectivity index (χ3n) is 6.38. The summed E-state index contributed by atoms with van der Waals surface area (Å²) in [5, 5.41) is 4.77. The highest BCUT2D eigenvalue weighted by atomic mass is 16.5. The van der Waals surface area contributed by atoms with Gasteiger partial charge in [-0.2, -0.15) is 5.10 Å². The SMILES string of the molecule is COc1ccc(-c2nn(Cc3ccccc3)cc2C(=O)N2Cc3ccccc3C[C@@H]2C(N)=O)cc1. The van der Waals surface area contributed by atoms with Gasteiger partial charge in [0.15, 0.2) is 0 Å². The lowest BCUT2D eigenvalue weighted by molar-refractivity contribution is -0.122. The van der Waals surface area contributed by atoms with Gasteiger partial charge in [-0.25, -0.2) is 0 Å². The number of hydrogen-bond donors (Lipinski definition) is 1. The van der Waals surface area contributed by atoms with Crippen molar-refractivity contribution in [2.45, 2.75) is 25.6 Å². The number of methoxy groups -OCH3 is 1. The fraction of sp³-hybridized carbons (Fsp3) is 0.179. The number of amides is 2. The third-order valence-corrected chi connectivity index (χ3v) is 6.38. The molecule has 0 spiro atoms. The number of aromatic nitrogens is 2. The van der Waals surface area contributed by atoms with Crippen molar-refractivity contribution in [2.24, 2.45) is 5.73 Å². The molecule has 1 aromatic heterocycles. The predicted molar refractivity (Wildman–Crippen MR) is 133 cm³/mol. The summed E-state index contributed by atoms with van der Waals surface area (Å²) in [5.41, 5.74) is 10.6. The second-order valence-electron chi connectivity index (χ2n) is 8.63. The minimum Gasteiger partial charge on any atom is -0.497 e. The molecule has 2 N–H and O–H groups in total. The Hall–Kier alpha value is -4.39. The highest BCUT2D eigenvalue weighted by Gasteiger charge is 2.35.